The summed E-state index contributed by atoms with van der Waals surface area (Å²) in [6.45, 7) is 3.87. The van der Waals surface area contributed by atoms with Gasteiger partial charge in [0.2, 0.25) is 5.91 Å². The summed E-state index contributed by atoms with van der Waals surface area (Å²) < 4.78 is 2.36. The van der Waals surface area contributed by atoms with Crippen LogP contribution < -0.4 is 10.2 Å². The van der Waals surface area contributed by atoms with Gasteiger partial charge < -0.3 is 15.3 Å². The summed E-state index contributed by atoms with van der Waals surface area (Å²) in [7, 11) is 0. The number of nitrogens with zero attached hydrogens (tertiary/aromatic N) is 2. The van der Waals surface area contributed by atoms with Gasteiger partial charge in [-0.2, -0.15) is 0 Å². The van der Waals surface area contributed by atoms with Crippen molar-refractivity contribution in [3.63, 3.8) is 0 Å². The van der Waals surface area contributed by atoms with E-state index < -0.39 is 0 Å². The molecule has 4 rings (SSSR count). The second-order valence-electron chi connectivity index (χ2n) is 6.07. The monoisotopic (exact) mass is 341 g/mol. The Labute approximate surface area is 145 Å². The fourth-order valence-electron chi connectivity index (χ4n) is 3.11. The zero-order valence-corrected chi connectivity index (χ0v) is 14.1. The van der Waals surface area contributed by atoms with E-state index in [1.807, 2.05) is 18.2 Å². The van der Waals surface area contributed by atoms with Gasteiger partial charge in [0, 0.05) is 42.4 Å². The molecule has 6 heteroatoms. The molecular formula is C18H19N3O2S. The van der Waals surface area contributed by atoms with Crippen LogP contribution in [0.3, 0.4) is 0 Å². The van der Waals surface area contributed by atoms with E-state index in [1.54, 1.807) is 24.1 Å². The minimum atomic E-state index is 0.0784. The van der Waals surface area contributed by atoms with Crippen molar-refractivity contribution in [3.05, 3.63) is 48.0 Å². The molecule has 2 aromatic rings. The highest BCUT2D eigenvalue weighted by Gasteiger charge is 2.21. The smallest absolute Gasteiger partial charge is 0.228 e. The first-order valence-corrected chi connectivity index (χ1v) is 8.84. The summed E-state index contributed by atoms with van der Waals surface area (Å²) in [5.41, 5.74) is 3.19. The van der Waals surface area contributed by atoms with E-state index in [1.165, 1.54) is 4.90 Å². The molecule has 0 unspecified atom stereocenters. The molecule has 5 nitrogen and oxygen atoms in total. The van der Waals surface area contributed by atoms with E-state index in [0.29, 0.717) is 12.2 Å². The number of hydrogen-bond acceptors (Lipinski definition) is 5. The van der Waals surface area contributed by atoms with Gasteiger partial charge in [-0.25, -0.2) is 4.31 Å². The second-order valence-corrected chi connectivity index (χ2v) is 7.24. The minimum Gasteiger partial charge on any atom is -0.508 e. The number of carbonyl (C=O) groups is 1. The van der Waals surface area contributed by atoms with E-state index in [0.717, 1.165) is 43.1 Å². The zero-order valence-electron chi connectivity index (χ0n) is 13.2. The highest BCUT2D eigenvalue weighted by molar-refractivity contribution is 7.97. The molecule has 2 aliphatic rings. The van der Waals surface area contributed by atoms with Crippen molar-refractivity contribution in [2.24, 2.45) is 0 Å². The third kappa shape index (κ3) is 3.20. The quantitative estimate of drug-likeness (QED) is 0.841. The number of phenols is 1. The van der Waals surface area contributed by atoms with Gasteiger partial charge in [-0.1, -0.05) is 0 Å². The number of nitrogens with one attached hydrogen (secondary N) is 1. The molecule has 124 valence electrons. The molecule has 0 atom stereocenters. The standard InChI is InChI=1S/C18H19N3O2S/c22-15-3-1-14(2-4-15)20-7-9-21(10-8-20)24-16-5-6-17-13(11-16)12-18(23)19-17/h1-6,11,22H,7-10,12H2,(H,19,23). The van der Waals surface area contributed by atoms with Crippen LogP contribution in [0.4, 0.5) is 11.4 Å². The number of aromatic hydroxyl groups is 1. The topological polar surface area (TPSA) is 55.8 Å². The number of piperazine rings is 1. The van der Waals surface area contributed by atoms with Gasteiger partial charge in [-0.05, 0) is 60.0 Å². The lowest BCUT2D eigenvalue weighted by molar-refractivity contribution is -0.115. The summed E-state index contributed by atoms with van der Waals surface area (Å²) in [4.78, 5) is 15.0. The molecule has 2 aliphatic heterocycles. The van der Waals surface area contributed by atoms with E-state index >= 15 is 0 Å². The number of amides is 1. The Kier molecular flexibility index (Phi) is 4.08. The van der Waals surface area contributed by atoms with E-state index in [2.05, 4.69) is 26.7 Å². The second kappa shape index (κ2) is 6.37. The average Bonchev–Trinajstić information content (AvgIpc) is 2.96. The van der Waals surface area contributed by atoms with Gasteiger partial charge in [0.25, 0.3) is 0 Å². The Hall–Kier alpha value is -2.18. The normalized spacial score (nSPS) is 17.7. The van der Waals surface area contributed by atoms with E-state index in [9.17, 15) is 9.90 Å². The molecule has 0 radical (unpaired) electrons. The molecule has 0 aromatic heterocycles. The Morgan fingerprint density at radius 2 is 1.75 bits per heavy atom. The highest BCUT2D eigenvalue weighted by Crippen LogP contribution is 2.31. The fourth-order valence-corrected chi connectivity index (χ4v) is 4.08. The van der Waals surface area contributed by atoms with Gasteiger partial charge >= 0.3 is 0 Å². The molecule has 2 N–H and O–H groups in total. The molecule has 2 aromatic carbocycles. The van der Waals surface area contributed by atoms with E-state index in [-0.39, 0.29) is 5.91 Å². The zero-order chi connectivity index (χ0) is 16.5. The molecule has 0 bridgehead atoms. The Balaban J connectivity index is 1.36. The minimum absolute atomic E-state index is 0.0784. The van der Waals surface area contributed by atoms with Crippen molar-refractivity contribution < 1.29 is 9.90 Å². The van der Waals surface area contributed by atoms with Crippen molar-refractivity contribution in [3.8, 4) is 5.75 Å². The van der Waals surface area contributed by atoms with Crippen LogP contribution in [0.15, 0.2) is 47.4 Å². The van der Waals surface area contributed by atoms with Crippen LogP contribution in [0.25, 0.3) is 0 Å². The maximum Gasteiger partial charge on any atom is 0.228 e. The van der Waals surface area contributed by atoms with Crippen LogP contribution in [0.5, 0.6) is 5.75 Å². The summed E-state index contributed by atoms with van der Waals surface area (Å²) in [6.07, 6.45) is 0.484. The summed E-state index contributed by atoms with van der Waals surface area (Å²) in [5, 5.41) is 12.3. The molecule has 2 heterocycles. The summed E-state index contributed by atoms with van der Waals surface area (Å²) in [5.74, 6) is 0.382. The predicted octanol–water partition coefficient (Wildman–Crippen LogP) is 2.72. The van der Waals surface area contributed by atoms with E-state index in [4.69, 9.17) is 0 Å². The molecule has 1 amide bonds. The van der Waals surface area contributed by atoms with Gasteiger partial charge in [0.1, 0.15) is 5.75 Å². The summed E-state index contributed by atoms with van der Waals surface area (Å²) in [6, 6.07) is 13.6. The molecule has 0 saturated carbocycles. The van der Waals surface area contributed by atoms with Crippen LogP contribution in [0.2, 0.25) is 0 Å². The number of anilines is 2. The fraction of sp³-hybridized carbons (Fsp3) is 0.278. The SMILES string of the molecule is O=C1Cc2cc(SN3CCN(c4ccc(O)cc4)CC3)ccc2N1. The first kappa shape index (κ1) is 15.4. The van der Waals surface area contributed by atoms with Gasteiger partial charge in [-0.15, -0.1) is 0 Å². The maximum atomic E-state index is 11.4. The first-order chi connectivity index (χ1) is 11.7. The van der Waals surface area contributed by atoms with Crippen LogP contribution >= 0.6 is 11.9 Å². The largest absolute Gasteiger partial charge is 0.508 e. The Bertz CT molecular complexity index is 755. The van der Waals surface area contributed by atoms with Crippen LogP contribution in [0.1, 0.15) is 5.56 Å². The number of fused-ring (bicyclic) bond motifs is 1. The van der Waals surface area contributed by atoms with Gasteiger partial charge in [-0.3, -0.25) is 4.79 Å². The van der Waals surface area contributed by atoms with Crippen molar-refractivity contribution in [2.75, 3.05) is 36.4 Å². The third-order valence-corrected chi connectivity index (χ3v) is 5.48. The lowest BCUT2D eigenvalue weighted by Crippen LogP contribution is -2.43. The average molecular weight is 341 g/mol. The van der Waals surface area contributed by atoms with Crippen LogP contribution in [-0.4, -0.2) is 41.5 Å². The van der Waals surface area contributed by atoms with Crippen molar-refractivity contribution in [1.29, 1.82) is 0 Å². The predicted molar refractivity (Wildman–Crippen MR) is 96.5 cm³/mol. The van der Waals surface area contributed by atoms with Crippen LogP contribution in [-0.2, 0) is 11.2 Å². The van der Waals surface area contributed by atoms with Crippen molar-refractivity contribution >= 4 is 29.2 Å². The van der Waals surface area contributed by atoms with Gasteiger partial charge in [0.05, 0.1) is 6.42 Å². The number of hydrogen-bond donors (Lipinski definition) is 2. The van der Waals surface area contributed by atoms with Crippen molar-refractivity contribution in [2.45, 2.75) is 11.3 Å². The van der Waals surface area contributed by atoms with Crippen molar-refractivity contribution in [1.82, 2.24) is 4.31 Å². The number of phenolic OH excluding ortho intramolecular Hbond substituents is 1. The molecular weight excluding hydrogens is 322 g/mol. The summed E-state index contributed by atoms with van der Waals surface area (Å²) >= 11 is 1.76. The van der Waals surface area contributed by atoms with Gasteiger partial charge in [0.15, 0.2) is 0 Å². The molecule has 24 heavy (non-hydrogen) atoms. The highest BCUT2D eigenvalue weighted by atomic mass is 32.2. The Morgan fingerprint density at radius 3 is 2.50 bits per heavy atom. The maximum absolute atomic E-state index is 11.4. The number of rotatable bonds is 3. The number of benzene rings is 2. The molecule has 0 aliphatic carbocycles. The number of carbonyl (C=O) groups excluding carboxylic acids is 1. The first-order valence-electron chi connectivity index (χ1n) is 8.07. The lowest BCUT2D eigenvalue weighted by atomic mass is 10.2. The molecule has 1 fully saturated rings. The third-order valence-electron chi connectivity index (χ3n) is 4.39. The Morgan fingerprint density at radius 1 is 1.00 bits per heavy atom. The molecule has 0 spiro atoms. The lowest BCUT2D eigenvalue weighted by Gasteiger charge is -2.35. The molecule has 1 saturated heterocycles. The van der Waals surface area contributed by atoms with Crippen LogP contribution in [0, 0.1) is 0 Å².